The average molecular weight is 234 g/mol. The van der Waals surface area contributed by atoms with Gasteiger partial charge in [-0.15, -0.1) is 0 Å². The van der Waals surface area contributed by atoms with Crippen LogP contribution in [-0.2, 0) is 9.47 Å². The molecule has 0 aromatic heterocycles. The van der Waals surface area contributed by atoms with Crippen LogP contribution in [0.3, 0.4) is 0 Å². The first kappa shape index (κ1) is 15.1. The van der Waals surface area contributed by atoms with E-state index in [0.717, 1.165) is 26.2 Å². The minimum atomic E-state index is -0.935. The van der Waals surface area contributed by atoms with Crippen molar-refractivity contribution in [2.75, 3.05) is 19.8 Å². The third-order valence-corrected chi connectivity index (χ3v) is 5.82. The van der Waals surface area contributed by atoms with Crippen molar-refractivity contribution in [3.63, 3.8) is 0 Å². The van der Waals surface area contributed by atoms with Gasteiger partial charge in [-0.1, -0.05) is 19.0 Å². The van der Waals surface area contributed by atoms with Crippen molar-refractivity contribution >= 4 is 8.80 Å². The standard InChI is InChI=1S/C10H26N2O2Si/c1-4-13-10(14-5-2)15(6-3)9-7-8-12-11/h10,12,15H,4-9,11H2,1-3H3. The third-order valence-electron chi connectivity index (χ3n) is 2.47. The van der Waals surface area contributed by atoms with E-state index in [2.05, 4.69) is 12.3 Å². The molecule has 0 amide bonds. The summed E-state index contributed by atoms with van der Waals surface area (Å²) in [7, 11) is -0.935. The van der Waals surface area contributed by atoms with E-state index in [0.29, 0.717) is 0 Å². The zero-order chi connectivity index (χ0) is 11.5. The fourth-order valence-electron chi connectivity index (χ4n) is 1.65. The molecule has 0 fully saturated rings. The molecule has 3 N–H and O–H groups in total. The molecular formula is C10H26N2O2Si. The summed E-state index contributed by atoms with van der Waals surface area (Å²) in [6.07, 6.45) is 1.12. The first-order valence-corrected chi connectivity index (χ1v) is 8.26. The summed E-state index contributed by atoms with van der Waals surface area (Å²) in [4.78, 5) is 0. The zero-order valence-electron chi connectivity index (χ0n) is 10.3. The van der Waals surface area contributed by atoms with Gasteiger partial charge in [0, 0.05) is 19.8 Å². The molecule has 0 saturated carbocycles. The SMILES string of the molecule is CCOC(OCC)[SiH](CC)CCCNN. The van der Waals surface area contributed by atoms with E-state index < -0.39 is 8.80 Å². The smallest absolute Gasteiger partial charge is 0.138 e. The minimum absolute atomic E-state index is 0.0859. The third kappa shape index (κ3) is 7.02. The molecule has 92 valence electrons. The van der Waals surface area contributed by atoms with Gasteiger partial charge in [-0.25, -0.2) is 0 Å². The Morgan fingerprint density at radius 2 is 1.80 bits per heavy atom. The summed E-state index contributed by atoms with van der Waals surface area (Å²) in [6, 6.07) is 2.45. The van der Waals surface area contributed by atoms with E-state index in [9.17, 15) is 0 Å². The molecule has 15 heavy (non-hydrogen) atoms. The summed E-state index contributed by atoms with van der Waals surface area (Å²) in [5.41, 5.74) is 2.69. The fraction of sp³-hybridized carbons (Fsp3) is 1.00. The molecule has 1 unspecified atom stereocenters. The normalized spacial score (nSPS) is 13.4. The molecule has 0 heterocycles. The highest BCUT2D eigenvalue weighted by Crippen LogP contribution is 2.11. The van der Waals surface area contributed by atoms with E-state index >= 15 is 0 Å². The molecule has 0 aromatic rings. The number of ether oxygens (including phenoxy) is 2. The monoisotopic (exact) mass is 234 g/mol. The lowest BCUT2D eigenvalue weighted by Crippen LogP contribution is -2.36. The van der Waals surface area contributed by atoms with E-state index in [4.69, 9.17) is 15.3 Å². The van der Waals surface area contributed by atoms with Gasteiger partial charge in [0.25, 0.3) is 0 Å². The molecule has 4 nitrogen and oxygen atoms in total. The van der Waals surface area contributed by atoms with Crippen LogP contribution in [0.25, 0.3) is 0 Å². The van der Waals surface area contributed by atoms with Crippen LogP contribution >= 0.6 is 0 Å². The maximum atomic E-state index is 5.65. The quantitative estimate of drug-likeness (QED) is 0.195. The first-order chi connectivity index (χ1) is 7.29. The number of nitrogens with two attached hydrogens (primary N) is 1. The topological polar surface area (TPSA) is 56.5 Å². The van der Waals surface area contributed by atoms with E-state index in [-0.39, 0.29) is 5.91 Å². The van der Waals surface area contributed by atoms with Gasteiger partial charge in [0.1, 0.15) is 14.7 Å². The molecule has 1 atom stereocenters. The van der Waals surface area contributed by atoms with Crippen molar-refractivity contribution in [1.82, 2.24) is 5.43 Å². The summed E-state index contributed by atoms with van der Waals surface area (Å²) < 4.78 is 11.3. The zero-order valence-corrected chi connectivity index (χ0v) is 11.4. The van der Waals surface area contributed by atoms with Crippen molar-refractivity contribution in [3.8, 4) is 0 Å². The lowest BCUT2D eigenvalue weighted by molar-refractivity contribution is -0.0857. The second kappa shape index (κ2) is 10.6. The van der Waals surface area contributed by atoms with Crippen LogP contribution in [0, 0.1) is 0 Å². The van der Waals surface area contributed by atoms with Gasteiger partial charge in [-0.05, 0) is 20.3 Å². The Kier molecular flexibility index (Phi) is 10.6. The van der Waals surface area contributed by atoms with Crippen LogP contribution in [0.2, 0.25) is 12.1 Å². The van der Waals surface area contributed by atoms with Gasteiger partial charge < -0.3 is 9.47 Å². The van der Waals surface area contributed by atoms with Crippen LogP contribution in [0.15, 0.2) is 0 Å². The highest BCUT2D eigenvalue weighted by atomic mass is 28.3. The lowest BCUT2D eigenvalue weighted by Gasteiger charge is -2.24. The molecule has 0 aliphatic carbocycles. The molecule has 0 radical (unpaired) electrons. The van der Waals surface area contributed by atoms with Crippen molar-refractivity contribution in [1.29, 1.82) is 0 Å². The molecule has 0 aliphatic heterocycles. The number of hydrogen-bond acceptors (Lipinski definition) is 4. The van der Waals surface area contributed by atoms with Crippen LogP contribution in [0.1, 0.15) is 27.2 Å². The van der Waals surface area contributed by atoms with Crippen molar-refractivity contribution in [2.45, 2.75) is 45.2 Å². The van der Waals surface area contributed by atoms with Crippen LogP contribution in [0.4, 0.5) is 0 Å². The van der Waals surface area contributed by atoms with Gasteiger partial charge in [0.05, 0.1) is 0 Å². The van der Waals surface area contributed by atoms with Crippen molar-refractivity contribution in [2.24, 2.45) is 5.84 Å². The molecule has 0 bridgehead atoms. The minimum Gasteiger partial charge on any atom is -0.357 e. The molecule has 0 aromatic carbocycles. The maximum absolute atomic E-state index is 5.65. The largest absolute Gasteiger partial charge is 0.357 e. The Morgan fingerprint density at radius 1 is 1.20 bits per heavy atom. The Bertz CT molecular complexity index is 133. The van der Waals surface area contributed by atoms with Gasteiger partial charge in [-0.2, -0.15) is 0 Å². The predicted molar refractivity (Wildman–Crippen MR) is 66.3 cm³/mol. The van der Waals surface area contributed by atoms with E-state index in [1.807, 2.05) is 13.8 Å². The summed E-state index contributed by atoms with van der Waals surface area (Å²) in [6.45, 7) is 8.64. The van der Waals surface area contributed by atoms with Gasteiger partial charge in [0.15, 0.2) is 0 Å². The summed E-state index contributed by atoms with van der Waals surface area (Å²) in [5.74, 6) is 5.34. The van der Waals surface area contributed by atoms with Gasteiger partial charge in [-0.3, -0.25) is 11.3 Å². The molecule has 0 rings (SSSR count). The summed E-state index contributed by atoms with van der Waals surface area (Å²) in [5, 5.41) is 0. The lowest BCUT2D eigenvalue weighted by atomic mass is 10.5. The number of hydrazine groups is 1. The summed E-state index contributed by atoms with van der Waals surface area (Å²) >= 11 is 0. The average Bonchev–Trinajstić information content (AvgIpc) is 2.24. The fourth-order valence-corrected chi connectivity index (χ4v) is 4.37. The van der Waals surface area contributed by atoms with Crippen LogP contribution in [-0.4, -0.2) is 34.5 Å². The first-order valence-electron chi connectivity index (χ1n) is 5.96. The Labute approximate surface area is 95.1 Å². The van der Waals surface area contributed by atoms with Crippen molar-refractivity contribution < 1.29 is 9.47 Å². The van der Waals surface area contributed by atoms with Gasteiger partial charge >= 0.3 is 0 Å². The molecule has 0 saturated heterocycles. The second-order valence-corrected chi connectivity index (χ2v) is 7.00. The highest BCUT2D eigenvalue weighted by Gasteiger charge is 2.21. The number of hydrogen-bond donors (Lipinski definition) is 2. The molecule has 0 aliphatic rings. The number of nitrogens with one attached hydrogen (secondary N) is 1. The number of rotatable bonds is 10. The van der Waals surface area contributed by atoms with Crippen molar-refractivity contribution in [3.05, 3.63) is 0 Å². The predicted octanol–water partition coefficient (Wildman–Crippen LogP) is 1.03. The molecular weight excluding hydrogens is 208 g/mol. The Balaban J connectivity index is 3.93. The molecule has 5 heteroatoms. The van der Waals surface area contributed by atoms with E-state index in [1.165, 1.54) is 12.1 Å². The molecule has 0 spiro atoms. The van der Waals surface area contributed by atoms with Crippen LogP contribution < -0.4 is 11.3 Å². The Morgan fingerprint density at radius 3 is 2.20 bits per heavy atom. The highest BCUT2D eigenvalue weighted by molar-refractivity contribution is 6.59. The van der Waals surface area contributed by atoms with Crippen LogP contribution in [0.5, 0.6) is 0 Å². The van der Waals surface area contributed by atoms with Gasteiger partial charge in [0.2, 0.25) is 0 Å². The Hall–Kier alpha value is 0.0569. The van der Waals surface area contributed by atoms with E-state index in [1.54, 1.807) is 0 Å². The maximum Gasteiger partial charge on any atom is 0.138 e. The second-order valence-electron chi connectivity index (χ2n) is 3.54.